The maximum absolute atomic E-state index is 10.5. The van der Waals surface area contributed by atoms with Crippen LogP contribution in [-0.2, 0) is 11.3 Å². The molecule has 1 N–H and O–H groups in total. The Hall–Kier alpha value is -2.01. The lowest BCUT2D eigenvalue weighted by Crippen LogP contribution is -2.22. The minimum Gasteiger partial charge on any atom is -0.481 e. The van der Waals surface area contributed by atoms with Gasteiger partial charge in [-0.05, 0) is 26.1 Å². The molecule has 2 rings (SSSR count). The van der Waals surface area contributed by atoms with Gasteiger partial charge in [-0.15, -0.1) is 0 Å². The summed E-state index contributed by atoms with van der Waals surface area (Å²) in [6.07, 6.45) is 0.135. The van der Waals surface area contributed by atoms with Crippen molar-refractivity contribution >= 4 is 17.0 Å². The zero-order valence-electron chi connectivity index (χ0n) is 11.1. The summed E-state index contributed by atoms with van der Waals surface area (Å²) in [5.74, 6) is -0.784. The SMILES string of the molecule is Cc1nc2ccccc2nc1CN(C)CCC(=O)O. The average Bonchev–Trinajstić information content (AvgIpc) is 2.37. The fourth-order valence-corrected chi connectivity index (χ4v) is 1.90. The molecule has 0 amide bonds. The van der Waals surface area contributed by atoms with Crippen LogP contribution in [0.25, 0.3) is 11.0 Å². The van der Waals surface area contributed by atoms with Gasteiger partial charge in [-0.25, -0.2) is 9.97 Å². The van der Waals surface area contributed by atoms with Gasteiger partial charge in [0.25, 0.3) is 0 Å². The molecule has 5 nitrogen and oxygen atoms in total. The van der Waals surface area contributed by atoms with Gasteiger partial charge in [0.05, 0.1) is 28.8 Å². The van der Waals surface area contributed by atoms with Gasteiger partial charge in [-0.2, -0.15) is 0 Å². The van der Waals surface area contributed by atoms with E-state index in [0.29, 0.717) is 13.1 Å². The first-order valence-electron chi connectivity index (χ1n) is 6.19. The summed E-state index contributed by atoms with van der Waals surface area (Å²) >= 11 is 0. The molecule has 0 saturated carbocycles. The number of nitrogens with zero attached hydrogens (tertiary/aromatic N) is 3. The molecule has 0 spiro atoms. The van der Waals surface area contributed by atoms with Crippen LogP contribution in [0.3, 0.4) is 0 Å². The molecule has 0 unspecified atom stereocenters. The Morgan fingerprint density at radius 2 is 1.89 bits per heavy atom. The maximum Gasteiger partial charge on any atom is 0.304 e. The molecule has 0 aliphatic carbocycles. The molecule has 100 valence electrons. The van der Waals surface area contributed by atoms with E-state index in [1.54, 1.807) is 0 Å². The molecule has 0 atom stereocenters. The molecule has 0 bridgehead atoms. The molecule has 1 aromatic heterocycles. The van der Waals surface area contributed by atoms with Crippen molar-refractivity contribution in [1.29, 1.82) is 0 Å². The average molecular weight is 259 g/mol. The minimum absolute atomic E-state index is 0.135. The molecule has 5 heteroatoms. The number of benzene rings is 1. The first-order valence-corrected chi connectivity index (χ1v) is 6.19. The third kappa shape index (κ3) is 3.48. The Balaban J connectivity index is 2.15. The molecule has 0 saturated heterocycles. The number of para-hydroxylation sites is 2. The lowest BCUT2D eigenvalue weighted by molar-refractivity contribution is -0.137. The van der Waals surface area contributed by atoms with E-state index >= 15 is 0 Å². The van der Waals surface area contributed by atoms with Gasteiger partial charge in [-0.1, -0.05) is 12.1 Å². The van der Waals surface area contributed by atoms with E-state index in [9.17, 15) is 4.79 Å². The van der Waals surface area contributed by atoms with Gasteiger partial charge in [0, 0.05) is 13.1 Å². The van der Waals surface area contributed by atoms with Crippen LogP contribution in [0.5, 0.6) is 0 Å². The summed E-state index contributed by atoms with van der Waals surface area (Å²) < 4.78 is 0. The fraction of sp³-hybridized carbons (Fsp3) is 0.357. The summed E-state index contributed by atoms with van der Waals surface area (Å²) in [4.78, 5) is 21.6. The molecule has 19 heavy (non-hydrogen) atoms. The highest BCUT2D eigenvalue weighted by atomic mass is 16.4. The molecule has 0 aliphatic heterocycles. The normalized spacial score (nSPS) is 11.1. The Bertz CT molecular complexity index is 598. The lowest BCUT2D eigenvalue weighted by Gasteiger charge is -2.16. The highest BCUT2D eigenvalue weighted by Gasteiger charge is 2.09. The standard InChI is InChI=1S/C14H17N3O2/c1-10-13(9-17(2)8-7-14(18)19)16-12-6-4-3-5-11(12)15-10/h3-6H,7-9H2,1-2H3,(H,18,19). The van der Waals surface area contributed by atoms with Crippen LogP contribution < -0.4 is 0 Å². The number of aryl methyl sites for hydroxylation is 1. The van der Waals surface area contributed by atoms with Crippen molar-refractivity contribution in [3.63, 3.8) is 0 Å². The first kappa shape index (κ1) is 13.4. The highest BCUT2D eigenvalue weighted by molar-refractivity contribution is 5.74. The second kappa shape index (κ2) is 5.75. The number of fused-ring (bicyclic) bond motifs is 1. The summed E-state index contributed by atoms with van der Waals surface area (Å²) in [7, 11) is 1.89. The third-order valence-corrected chi connectivity index (χ3v) is 2.97. The molecule has 1 heterocycles. The van der Waals surface area contributed by atoms with E-state index in [2.05, 4.69) is 9.97 Å². The molecular formula is C14H17N3O2. The summed E-state index contributed by atoms with van der Waals surface area (Å²) in [5.41, 5.74) is 3.54. The highest BCUT2D eigenvalue weighted by Crippen LogP contribution is 2.13. The van der Waals surface area contributed by atoms with Crippen molar-refractivity contribution in [2.75, 3.05) is 13.6 Å². The fourth-order valence-electron chi connectivity index (χ4n) is 1.90. The maximum atomic E-state index is 10.5. The number of rotatable bonds is 5. The topological polar surface area (TPSA) is 66.3 Å². The van der Waals surface area contributed by atoms with Gasteiger partial charge in [-0.3, -0.25) is 9.69 Å². The predicted molar refractivity (Wildman–Crippen MR) is 72.9 cm³/mol. The van der Waals surface area contributed by atoms with Crippen LogP contribution in [0.2, 0.25) is 0 Å². The number of hydrogen-bond donors (Lipinski definition) is 1. The summed E-state index contributed by atoms with van der Waals surface area (Å²) in [5, 5.41) is 8.67. The van der Waals surface area contributed by atoms with Gasteiger partial charge >= 0.3 is 5.97 Å². The van der Waals surface area contributed by atoms with Crippen LogP contribution >= 0.6 is 0 Å². The van der Waals surface area contributed by atoms with Crippen molar-refractivity contribution in [2.45, 2.75) is 19.9 Å². The lowest BCUT2D eigenvalue weighted by atomic mass is 10.2. The first-order chi connectivity index (χ1) is 9.06. The Kier molecular flexibility index (Phi) is 4.06. The molecule has 0 radical (unpaired) electrons. The smallest absolute Gasteiger partial charge is 0.304 e. The summed E-state index contributed by atoms with van der Waals surface area (Å²) in [6, 6.07) is 7.75. The van der Waals surface area contributed by atoms with E-state index in [1.807, 2.05) is 43.1 Å². The van der Waals surface area contributed by atoms with Crippen molar-refractivity contribution in [1.82, 2.24) is 14.9 Å². The van der Waals surface area contributed by atoms with Crippen LogP contribution in [0.1, 0.15) is 17.8 Å². The molecule has 2 aromatic rings. The van der Waals surface area contributed by atoms with Crippen molar-refractivity contribution in [3.8, 4) is 0 Å². The second-order valence-corrected chi connectivity index (χ2v) is 4.63. The van der Waals surface area contributed by atoms with Crippen LogP contribution in [0.15, 0.2) is 24.3 Å². The van der Waals surface area contributed by atoms with Gasteiger partial charge in [0.15, 0.2) is 0 Å². The van der Waals surface area contributed by atoms with Gasteiger partial charge in [0.1, 0.15) is 0 Å². The number of carbonyl (C=O) groups is 1. The zero-order chi connectivity index (χ0) is 13.8. The number of aliphatic carboxylic acids is 1. The number of hydrogen-bond acceptors (Lipinski definition) is 4. The van der Waals surface area contributed by atoms with Crippen molar-refractivity contribution in [2.24, 2.45) is 0 Å². The van der Waals surface area contributed by atoms with E-state index in [4.69, 9.17) is 5.11 Å². The minimum atomic E-state index is -0.784. The molecular weight excluding hydrogens is 242 g/mol. The van der Waals surface area contributed by atoms with Gasteiger partial charge in [0.2, 0.25) is 0 Å². The quantitative estimate of drug-likeness (QED) is 0.887. The van der Waals surface area contributed by atoms with E-state index < -0.39 is 5.97 Å². The Morgan fingerprint density at radius 1 is 1.26 bits per heavy atom. The Labute approximate surface area is 111 Å². The largest absolute Gasteiger partial charge is 0.481 e. The van der Waals surface area contributed by atoms with Crippen LogP contribution in [0, 0.1) is 6.92 Å². The van der Waals surface area contributed by atoms with E-state index in [-0.39, 0.29) is 6.42 Å². The molecule has 0 aliphatic rings. The number of carboxylic acids is 1. The number of aromatic nitrogens is 2. The number of carboxylic acid groups (broad SMARTS) is 1. The zero-order valence-corrected chi connectivity index (χ0v) is 11.1. The predicted octanol–water partition coefficient (Wildman–Crippen LogP) is 1.84. The van der Waals surface area contributed by atoms with Crippen LogP contribution in [0.4, 0.5) is 0 Å². The van der Waals surface area contributed by atoms with E-state index in [1.165, 1.54) is 0 Å². The summed E-state index contributed by atoms with van der Waals surface area (Å²) in [6.45, 7) is 3.04. The Morgan fingerprint density at radius 3 is 2.53 bits per heavy atom. The monoisotopic (exact) mass is 259 g/mol. The second-order valence-electron chi connectivity index (χ2n) is 4.63. The van der Waals surface area contributed by atoms with Gasteiger partial charge < -0.3 is 5.11 Å². The molecule has 1 aromatic carbocycles. The van der Waals surface area contributed by atoms with Crippen LogP contribution in [-0.4, -0.2) is 39.5 Å². The van der Waals surface area contributed by atoms with Crippen molar-refractivity contribution in [3.05, 3.63) is 35.7 Å². The van der Waals surface area contributed by atoms with E-state index in [0.717, 1.165) is 22.4 Å². The van der Waals surface area contributed by atoms with Crippen molar-refractivity contribution < 1.29 is 9.90 Å². The molecule has 0 fully saturated rings. The third-order valence-electron chi connectivity index (χ3n) is 2.97.